The Morgan fingerprint density at radius 2 is 2.08 bits per heavy atom. The summed E-state index contributed by atoms with van der Waals surface area (Å²) in [6, 6.07) is 7.86. The molecule has 1 aromatic carbocycles. The van der Waals surface area contributed by atoms with Gasteiger partial charge >= 0.3 is 6.09 Å². The molecule has 0 aliphatic carbocycles. The molecule has 24 heavy (non-hydrogen) atoms. The minimum Gasteiger partial charge on any atom is -0.444 e. The summed E-state index contributed by atoms with van der Waals surface area (Å²) in [5.41, 5.74) is 1.46. The SMILES string of the molecule is CN(Cc1ccccc1NCc1ncc(Cl)s1)C(=O)OC(C)(C)C. The minimum atomic E-state index is -0.507. The molecule has 0 radical (unpaired) electrons. The Balaban J connectivity index is 2.01. The highest BCUT2D eigenvalue weighted by Gasteiger charge is 2.20. The Bertz CT molecular complexity index is 697. The van der Waals surface area contributed by atoms with Gasteiger partial charge in [-0.05, 0) is 32.4 Å². The van der Waals surface area contributed by atoms with Crippen LogP contribution in [0.25, 0.3) is 0 Å². The molecule has 1 aromatic heterocycles. The van der Waals surface area contributed by atoms with Crippen LogP contribution < -0.4 is 5.32 Å². The Morgan fingerprint density at radius 1 is 1.38 bits per heavy atom. The number of ether oxygens (including phenoxy) is 1. The van der Waals surface area contributed by atoms with Crippen LogP contribution in [-0.4, -0.2) is 28.6 Å². The van der Waals surface area contributed by atoms with Crippen LogP contribution in [0.2, 0.25) is 4.34 Å². The van der Waals surface area contributed by atoms with E-state index >= 15 is 0 Å². The quantitative estimate of drug-likeness (QED) is 0.826. The molecule has 2 aromatic rings. The first-order chi connectivity index (χ1) is 11.2. The lowest BCUT2D eigenvalue weighted by atomic mass is 10.1. The predicted molar refractivity (Wildman–Crippen MR) is 98.6 cm³/mol. The normalized spacial score (nSPS) is 11.2. The van der Waals surface area contributed by atoms with E-state index in [1.165, 1.54) is 11.3 Å². The van der Waals surface area contributed by atoms with Crippen molar-refractivity contribution in [3.05, 3.63) is 45.4 Å². The van der Waals surface area contributed by atoms with Gasteiger partial charge in [0.15, 0.2) is 0 Å². The summed E-state index contributed by atoms with van der Waals surface area (Å²) in [7, 11) is 1.73. The topological polar surface area (TPSA) is 54.5 Å². The fraction of sp³-hybridized carbons (Fsp3) is 0.412. The van der Waals surface area contributed by atoms with Crippen LogP contribution in [0.5, 0.6) is 0 Å². The second-order valence-electron chi connectivity index (χ2n) is 6.41. The maximum Gasteiger partial charge on any atom is 0.410 e. The minimum absolute atomic E-state index is 0.344. The van der Waals surface area contributed by atoms with Crippen LogP contribution in [0.1, 0.15) is 31.3 Å². The summed E-state index contributed by atoms with van der Waals surface area (Å²) in [6.45, 7) is 6.61. The van der Waals surface area contributed by atoms with Crippen molar-refractivity contribution in [3.63, 3.8) is 0 Å². The van der Waals surface area contributed by atoms with Gasteiger partial charge in [-0.15, -0.1) is 11.3 Å². The Kier molecular flexibility index (Phi) is 6.07. The highest BCUT2D eigenvalue weighted by molar-refractivity contribution is 7.15. The maximum atomic E-state index is 12.1. The number of hydrogen-bond donors (Lipinski definition) is 1. The number of thiazole rings is 1. The zero-order valence-electron chi connectivity index (χ0n) is 14.3. The van der Waals surface area contributed by atoms with E-state index < -0.39 is 5.60 Å². The molecule has 0 fully saturated rings. The predicted octanol–water partition coefficient (Wildman–Crippen LogP) is 4.78. The number of nitrogens with zero attached hydrogens (tertiary/aromatic N) is 2. The van der Waals surface area contributed by atoms with E-state index in [1.54, 1.807) is 18.1 Å². The van der Waals surface area contributed by atoms with Crippen molar-refractivity contribution in [3.8, 4) is 0 Å². The van der Waals surface area contributed by atoms with Crippen LogP contribution in [-0.2, 0) is 17.8 Å². The van der Waals surface area contributed by atoms with Crippen molar-refractivity contribution >= 4 is 34.7 Å². The molecule has 0 spiro atoms. The van der Waals surface area contributed by atoms with Gasteiger partial charge in [-0.3, -0.25) is 0 Å². The number of anilines is 1. The first kappa shape index (κ1) is 18.5. The van der Waals surface area contributed by atoms with Crippen molar-refractivity contribution < 1.29 is 9.53 Å². The number of rotatable bonds is 5. The smallest absolute Gasteiger partial charge is 0.410 e. The monoisotopic (exact) mass is 367 g/mol. The molecular formula is C17H22ClN3O2S. The second kappa shape index (κ2) is 7.85. The van der Waals surface area contributed by atoms with Gasteiger partial charge < -0.3 is 15.0 Å². The van der Waals surface area contributed by atoms with E-state index in [4.69, 9.17) is 16.3 Å². The van der Waals surface area contributed by atoms with Crippen molar-refractivity contribution in [2.24, 2.45) is 0 Å². The van der Waals surface area contributed by atoms with Crippen molar-refractivity contribution in [2.45, 2.75) is 39.5 Å². The third-order valence-corrected chi connectivity index (χ3v) is 4.20. The van der Waals surface area contributed by atoms with Crippen molar-refractivity contribution in [2.75, 3.05) is 12.4 Å². The Hall–Kier alpha value is -1.79. The fourth-order valence-corrected chi connectivity index (χ4v) is 2.93. The summed E-state index contributed by atoms with van der Waals surface area (Å²) in [5, 5.41) is 4.26. The van der Waals surface area contributed by atoms with Gasteiger partial charge in [0.1, 0.15) is 14.9 Å². The molecular weight excluding hydrogens is 346 g/mol. The Labute approximate surface area is 151 Å². The molecule has 1 amide bonds. The standard InChI is InChI=1S/C17H22ClN3O2S/c1-17(2,3)23-16(22)21(4)11-12-7-5-6-8-13(12)19-10-15-20-9-14(18)24-15/h5-9,19H,10-11H2,1-4H3. The number of carbonyl (C=O) groups is 1. The van der Waals surface area contributed by atoms with E-state index in [2.05, 4.69) is 10.3 Å². The van der Waals surface area contributed by atoms with E-state index in [-0.39, 0.29) is 6.09 Å². The first-order valence-electron chi connectivity index (χ1n) is 7.61. The number of para-hydroxylation sites is 1. The first-order valence-corrected chi connectivity index (χ1v) is 8.80. The highest BCUT2D eigenvalue weighted by Crippen LogP contribution is 2.22. The molecule has 7 heteroatoms. The number of aromatic nitrogens is 1. The zero-order valence-corrected chi connectivity index (χ0v) is 15.9. The number of amides is 1. The average Bonchev–Trinajstić information content (AvgIpc) is 2.90. The van der Waals surface area contributed by atoms with Gasteiger partial charge in [0.05, 0.1) is 19.3 Å². The number of hydrogen-bond acceptors (Lipinski definition) is 5. The van der Waals surface area contributed by atoms with Crippen molar-refractivity contribution in [1.82, 2.24) is 9.88 Å². The lowest BCUT2D eigenvalue weighted by Gasteiger charge is -2.25. The summed E-state index contributed by atoms with van der Waals surface area (Å²) in [6.07, 6.45) is 1.30. The molecule has 130 valence electrons. The summed E-state index contributed by atoms with van der Waals surface area (Å²) < 4.78 is 6.06. The lowest BCUT2D eigenvalue weighted by Crippen LogP contribution is -2.33. The van der Waals surface area contributed by atoms with Gasteiger partial charge in [0, 0.05) is 12.7 Å². The fourth-order valence-electron chi connectivity index (χ4n) is 2.03. The number of nitrogens with one attached hydrogen (secondary N) is 1. The zero-order chi connectivity index (χ0) is 17.7. The molecule has 0 bridgehead atoms. The van der Waals surface area contributed by atoms with Crippen LogP contribution >= 0.6 is 22.9 Å². The molecule has 1 N–H and O–H groups in total. The van der Waals surface area contributed by atoms with Crippen LogP contribution in [0.4, 0.5) is 10.5 Å². The molecule has 5 nitrogen and oxygen atoms in total. The van der Waals surface area contributed by atoms with Crippen LogP contribution in [0, 0.1) is 0 Å². The molecule has 2 rings (SSSR count). The van der Waals surface area contributed by atoms with Gasteiger partial charge in [0.25, 0.3) is 0 Å². The van der Waals surface area contributed by atoms with Gasteiger partial charge in [-0.2, -0.15) is 0 Å². The van der Waals surface area contributed by atoms with Crippen molar-refractivity contribution in [1.29, 1.82) is 0 Å². The summed E-state index contributed by atoms with van der Waals surface area (Å²) in [5.74, 6) is 0. The van der Waals surface area contributed by atoms with Gasteiger partial charge in [-0.1, -0.05) is 29.8 Å². The van der Waals surface area contributed by atoms with E-state index in [0.29, 0.717) is 17.4 Å². The molecule has 0 aliphatic heterocycles. The third kappa shape index (κ3) is 5.69. The molecule has 0 saturated heterocycles. The molecule has 0 unspecified atom stereocenters. The molecule has 1 heterocycles. The van der Waals surface area contributed by atoms with Crippen LogP contribution in [0.15, 0.2) is 30.5 Å². The maximum absolute atomic E-state index is 12.1. The lowest BCUT2D eigenvalue weighted by molar-refractivity contribution is 0.0285. The largest absolute Gasteiger partial charge is 0.444 e. The number of carbonyl (C=O) groups excluding carboxylic acids is 1. The molecule has 0 saturated carbocycles. The van der Waals surface area contributed by atoms with Crippen LogP contribution in [0.3, 0.4) is 0 Å². The van der Waals surface area contributed by atoms with E-state index in [0.717, 1.165) is 16.3 Å². The molecule has 0 atom stereocenters. The summed E-state index contributed by atoms with van der Waals surface area (Å²) in [4.78, 5) is 17.9. The number of halogens is 1. The van der Waals surface area contributed by atoms with Gasteiger partial charge in [0.2, 0.25) is 0 Å². The second-order valence-corrected chi connectivity index (χ2v) is 8.15. The van der Waals surface area contributed by atoms with E-state index in [9.17, 15) is 4.79 Å². The Morgan fingerprint density at radius 3 is 2.71 bits per heavy atom. The average molecular weight is 368 g/mol. The number of benzene rings is 1. The summed E-state index contributed by atoms with van der Waals surface area (Å²) >= 11 is 7.35. The van der Waals surface area contributed by atoms with E-state index in [1.807, 2.05) is 45.0 Å². The third-order valence-electron chi connectivity index (χ3n) is 3.09. The molecule has 0 aliphatic rings. The highest BCUT2D eigenvalue weighted by atomic mass is 35.5. The van der Waals surface area contributed by atoms with Gasteiger partial charge in [-0.25, -0.2) is 9.78 Å².